The summed E-state index contributed by atoms with van der Waals surface area (Å²) in [5.74, 6) is -2.55. The van der Waals surface area contributed by atoms with E-state index in [9.17, 15) is 26.8 Å². The van der Waals surface area contributed by atoms with Crippen molar-refractivity contribution >= 4 is 33.3 Å². The smallest absolute Gasteiger partial charge is 0.254 e. The third-order valence-electron chi connectivity index (χ3n) is 7.67. The summed E-state index contributed by atoms with van der Waals surface area (Å²) in [6.07, 6.45) is 3.13. The number of hydrogen-bond donors (Lipinski definition) is 1. The zero-order valence-corrected chi connectivity index (χ0v) is 21.9. The van der Waals surface area contributed by atoms with Crippen LogP contribution < -0.4 is 5.32 Å². The maximum atomic E-state index is 14.8. The van der Waals surface area contributed by atoms with Crippen LogP contribution >= 0.6 is 11.6 Å². The molecule has 2 aromatic carbocycles. The van der Waals surface area contributed by atoms with Crippen molar-refractivity contribution in [2.75, 3.05) is 19.5 Å². The number of nitrogens with zero attached hydrogens (tertiary/aromatic N) is 1. The van der Waals surface area contributed by atoms with E-state index in [1.165, 1.54) is 17.0 Å². The normalized spacial score (nSPS) is 24.1. The standard InChI is InChI=1S/C26H27ClF2N2O5S/c1-13-5-15(7-17(6-13)37(2,34)35)26(33)31-22-4-3-14(22)8-23(31)25(32)30-24(16-11-36-12-16)18-9-21(29)19(27)10-20(18)28/h5-7,9-10,14,16,22-24H,3-4,8,11-12H2,1-2H3,(H,30,32)/t14-,22-,23-,24-/m1/s1. The topological polar surface area (TPSA) is 92.8 Å². The van der Waals surface area contributed by atoms with Crippen LogP contribution in [0.1, 0.15) is 46.8 Å². The number of likely N-dealkylation sites (tertiary alicyclic amines) is 1. The Balaban J connectivity index is 1.44. The monoisotopic (exact) mass is 552 g/mol. The largest absolute Gasteiger partial charge is 0.381 e. The van der Waals surface area contributed by atoms with Crippen LogP contribution in [0.5, 0.6) is 0 Å². The predicted octanol–water partition coefficient (Wildman–Crippen LogP) is 3.83. The molecular weight excluding hydrogens is 526 g/mol. The van der Waals surface area contributed by atoms with Gasteiger partial charge in [-0.05, 0) is 68.0 Å². The summed E-state index contributed by atoms with van der Waals surface area (Å²) >= 11 is 5.72. The van der Waals surface area contributed by atoms with E-state index in [2.05, 4.69) is 5.32 Å². The Hall–Kier alpha value is -2.56. The van der Waals surface area contributed by atoms with Gasteiger partial charge in [0.2, 0.25) is 5.91 Å². The van der Waals surface area contributed by atoms with Gasteiger partial charge in [0.15, 0.2) is 9.84 Å². The van der Waals surface area contributed by atoms with Crippen molar-refractivity contribution in [3.8, 4) is 0 Å². The van der Waals surface area contributed by atoms with E-state index in [1.807, 2.05) is 0 Å². The summed E-state index contributed by atoms with van der Waals surface area (Å²) in [6, 6.07) is 4.49. The van der Waals surface area contributed by atoms with E-state index in [1.54, 1.807) is 13.0 Å². The molecule has 2 amide bonds. The molecule has 7 nitrogen and oxygen atoms in total. The Kier molecular flexibility index (Phi) is 6.79. The van der Waals surface area contributed by atoms with Crippen molar-refractivity contribution in [2.24, 2.45) is 11.8 Å². The van der Waals surface area contributed by atoms with E-state index >= 15 is 0 Å². The van der Waals surface area contributed by atoms with E-state index in [4.69, 9.17) is 16.3 Å². The molecular formula is C26H27ClF2N2O5S. The molecule has 1 N–H and O–H groups in total. The van der Waals surface area contributed by atoms with Crippen molar-refractivity contribution in [1.29, 1.82) is 0 Å². The second-order valence-corrected chi connectivity index (χ2v) is 12.7. The lowest BCUT2D eigenvalue weighted by atomic mass is 9.80. The zero-order chi connectivity index (χ0) is 26.6. The molecule has 0 bridgehead atoms. The number of nitrogens with one attached hydrogen (secondary N) is 1. The summed E-state index contributed by atoms with van der Waals surface area (Å²) in [5, 5.41) is 2.50. The molecule has 2 aromatic rings. The number of aryl methyl sites for hydroxylation is 1. The molecule has 0 unspecified atom stereocenters. The van der Waals surface area contributed by atoms with Gasteiger partial charge in [-0.25, -0.2) is 17.2 Å². The summed E-state index contributed by atoms with van der Waals surface area (Å²) in [5.41, 5.74) is 0.779. The fraction of sp³-hybridized carbons (Fsp3) is 0.462. The minimum Gasteiger partial charge on any atom is -0.381 e. The first-order valence-corrected chi connectivity index (χ1v) is 14.4. The Morgan fingerprint density at radius 3 is 2.43 bits per heavy atom. The van der Waals surface area contributed by atoms with Crippen LogP contribution in [0, 0.1) is 30.4 Å². The summed E-state index contributed by atoms with van der Waals surface area (Å²) in [7, 11) is -3.55. The lowest BCUT2D eigenvalue weighted by molar-refractivity contribution is -0.128. The second-order valence-electron chi connectivity index (χ2n) is 10.2. The van der Waals surface area contributed by atoms with Gasteiger partial charge in [0, 0.05) is 29.3 Å². The number of rotatable bonds is 6. The third-order valence-corrected chi connectivity index (χ3v) is 9.05. The van der Waals surface area contributed by atoms with Gasteiger partial charge >= 0.3 is 0 Å². The molecule has 5 rings (SSSR count). The zero-order valence-electron chi connectivity index (χ0n) is 20.3. The fourth-order valence-corrected chi connectivity index (χ4v) is 6.40. The molecule has 2 aliphatic heterocycles. The molecule has 1 aliphatic carbocycles. The number of benzene rings is 2. The lowest BCUT2D eigenvalue weighted by Gasteiger charge is -2.38. The number of halogens is 3. The Bertz CT molecular complexity index is 1380. The molecule has 198 valence electrons. The highest BCUT2D eigenvalue weighted by Gasteiger charge is 2.51. The number of hydrogen-bond acceptors (Lipinski definition) is 5. The van der Waals surface area contributed by atoms with E-state index in [0.717, 1.165) is 31.2 Å². The first-order valence-electron chi connectivity index (χ1n) is 12.1. The quantitative estimate of drug-likeness (QED) is 0.550. The number of carbonyl (C=O) groups excluding carboxylic acids is 2. The Morgan fingerprint density at radius 1 is 1.11 bits per heavy atom. The molecule has 11 heteroatoms. The summed E-state index contributed by atoms with van der Waals surface area (Å²) in [6.45, 7) is 2.24. The van der Waals surface area contributed by atoms with E-state index in [-0.39, 0.29) is 52.1 Å². The van der Waals surface area contributed by atoms with E-state index in [0.29, 0.717) is 12.0 Å². The molecule has 4 atom stereocenters. The molecule has 0 spiro atoms. The number of amides is 2. The predicted molar refractivity (Wildman–Crippen MR) is 132 cm³/mol. The lowest BCUT2D eigenvalue weighted by Crippen LogP contribution is -2.53. The maximum Gasteiger partial charge on any atom is 0.254 e. The number of ether oxygens (including phenoxy) is 1. The SMILES string of the molecule is Cc1cc(C(=O)N2[C@@H](C(=O)N[C@@H](c3cc(F)c(Cl)cc3F)C3COC3)C[C@H]3CC[C@H]32)cc(S(C)(=O)=O)c1. The molecule has 2 heterocycles. The van der Waals surface area contributed by atoms with Gasteiger partial charge < -0.3 is 15.0 Å². The van der Waals surface area contributed by atoms with Crippen molar-refractivity contribution in [3.63, 3.8) is 0 Å². The first-order chi connectivity index (χ1) is 17.4. The van der Waals surface area contributed by atoms with Crippen molar-refractivity contribution in [3.05, 3.63) is 63.7 Å². The molecule has 3 fully saturated rings. The van der Waals surface area contributed by atoms with Crippen LogP contribution in [0.25, 0.3) is 0 Å². The van der Waals surface area contributed by atoms with Crippen LogP contribution in [0.2, 0.25) is 5.02 Å². The molecule has 3 aliphatic rings. The number of sulfone groups is 1. The highest BCUT2D eigenvalue weighted by molar-refractivity contribution is 7.90. The summed E-state index contributed by atoms with van der Waals surface area (Å²) < 4.78 is 58.6. The van der Waals surface area contributed by atoms with Gasteiger partial charge in [0.05, 0.1) is 29.2 Å². The van der Waals surface area contributed by atoms with Crippen LogP contribution in [-0.2, 0) is 19.4 Å². The average Bonchev–Trinajstić information content (AvgIpc) is 3.03. The van der Waals surface area contributed by atoms with Gasteiger partial charge in [-0.2, -0.15) is 0 Å². The van der Waals surface area contributed by atoms with Crippen molar-refractivity contribution < 1.29 is 31.5 Å². The van der Waals surface area contributed by atoms with Crippen molar-refractivity contribution in [1.82, 2.24) is 10.2 Å². The van der Waals surface area contributed by atoms with Crippen LogP contribution in [0.3, 0.4) is 0 Å². The first kappa shape index (κ1) is 26.1. The molecule has 37 heavy (non-hydrogen) atoms. The third kappa shape index (κ3) is 4.86. The molecule has 0 aromatic heterocycles. The van der Waals surface area contributed by atoms with E-state index < -0.39 is 45.4 Å². The Morgan fingerprint density at radius 2 is 1.84 bits per heavy atom. The highest BCUT2D eigenvalue weighted by atomic mass is 35.5. The Labute approximate surface area is 219 Å². The molecule has 0 radical (unpaired) electrons. The molecule has 1 saturated carbocycles. The van der Waals surface area contributed by atoms with Gasteiger partial charge in [0.25, 0.3) is 5.91 Å². The summed E-state index contributed by atoms with van der Waals surface area (Å²) in [4.78, 5) is 28.9. The van der Waals surface area contributed by atoms with Crippen LogP contribution in [0.15, 0.2) is 35.2 Å². The van der Waals surface area contributed by atoms with Crippen LogP contribution in [0.4, 0.5) is 8.78 Å². The fourth-order valence-electron chi connectivity index (χ4n) is 5.51. The highest BCUT2D eigenvalue weighted by Crippen LogP contribution is 2.45. The minimum atomic E-state index is -3.55. The van der Waals surface area contributed by atoms with Gasteiger partial charge in [0.1, 0.15) is 17.7 Å². The molecule has 2 saturated heterocycles. The van der Waals surface area contributed by atoms with Gasteiger partial charge in [-0.3, -0.25) is 9.59 Å². The number of carbonyl (C=O) groups is 2. The van der Waals surface area contributed by atoms with Gasteiger partial charge in [-0.15, -0.1) is 0 Å². The van der Waals surface area contributed by atoms with Crippen LogP contribution in [-0.4, -0.2) is 56.7 Å². The second kappa shape index (κ2) is 9.63. The maximum absolute atomic E-state index is 14.8. The average molecular weight is 553 g/mol. The number of fused-ring (bicyclic) bond motifs is 1. The van der Waals surface area contributed by atoms with Crippen molar-refractivity contribution in [2.45, 2.75) is 49.2 Å². The van der Waals surface area contributed by atoms with Gasteiger partial charge in [-0.1, -0.05) is 11.6 Å². The minimum absolute atomic E-state index is 0.0288.